The molecule has 0 spiro atoms. The van der Waals surface area contributed by atoms with E-state index in [2.05, 4.69) is 12.2 Å². The molecule has 104 valence electrons. The Kier molecular flexibility index (Phi) is 4.77. The Labute approximate surface area is 113 Å². The highest BCUT2D eigenvalue weighted by molar-refractivity contribution is 5.76. The number of carbonyl (C=O) groups excluding carboxylic acids is 1. The number of carbonyl (C=O) groups is 1. The first-order chi connectivity index (χ1) is 9.15. The Morgan fingerprint density at radius 2 is 2.16 bits per heavy atom. The van der Waals surface area contributed by atoms with Crippen LogP contribution < -0.4 is 5.32 Å². The van der Waals surface area contributed by atoms with Gasteiger partial charge in [-0.1, -0.05) is 6.92 Å². The molecule has 0 aromatic heterocycles. The maximum Gasteiger partial charge on any atom is 0.224 e. The molecule has 19 heavy (non-hydrogen) atoms. The van der Waals surface area contributed by atoms with Crippen LogP contribution in [-0.2, 0) is 4.79 Å². The summed E-state index contributed by atoms with van der Waals surface area (Å²) in [6, 6.07) is 6.19. The van der Waals surface area contributed by atoms with E-state index in [4.69, 9.17) is 0 Å². The fourth-order valence-electron chi connectivity index (χ4n) is 2.46. The van der Waals surface area contributed by atoms with Crippen LogP contribution >= 0.6 is 0 Å². The fourth-order valence-corrected chi connectivity index (χ4v) is 2.46. The number of amides is 1. The molecule has 1 heterocycles. The zero-order valence-corrected chi connectivity index (χ0v) is 11.4. The zero-order chi connectivity index (χ0) is 13.7. The van der Waals surface area contributed by atoms with Crippen molar-refractivity contribution < 1.29 is 9.18 Å². The molecule has 1 unspecified atom stereocenters. The number of benzene rings is 1. The summed E-state index contributed by atoms with van der Waals surface area (Å²) in [4.78, 5) is 14.0. The van der Waals surface area contributed by atoms with E-state index in [0.29, 0.717) is 18.9 Å². The molecular formula is C15H21FN2O. The SMILES string of the molecule is CC1CCCN(C(=O)CCNc2ccc(F)cc2)C1. The summed E-state index contributed by atoms with van der Waals surface area (Å²) in [6.07, 6.45) is 2.82. The largest absolute Gasteiger partial charge is 0.385 e. The van der Waals surface area contributed by atoms with Gasteiger partial charge in [0.05, 0.1) is 0 Å². The molecule has 2 rings (SSSR count). The molecule has 0 bridgehead atoms. The van der Waals surface area contributed by atoms with Crippen LogP contribution in [0.5, 0.6) is 0 Å². The Bertz CT molecular complexity index is 419. The average molecular weight is 264 g/mol. The van der Waals surface area contributed by atoms with Crippen molar-refractivity contribution in [1.82, 2.24) is 4.90 Å². The Hall–Kier alpha value is -1.58. The monoisotopic (exact) mass is 264 g/mol. The average Bonchev–Trinajstić information content (AvgIpc) is 2.41. The van der Waals surface area contributed by atoms with Gasteiger partial charge >= 0.3 is 0 Å². The molecule has 1 fully saturated rings. The molecule has 3 nitrogen and oxygen atoms in total. The summed E-state index contributed by atoms with van der Waals surface area (Å²) in [5.41, 5.74) is 0.848. The summed E-state index contributed by atoms with van der Waals surface area (Å²) in [5, 5.41) is 3.14. The van der Waals surface area contributed by atoms with Crippen LogP contribution in [0.2, 0.25) is 0 Å². The van der Waals surface area contributed by atoms with Crippen molar-refractivity contribution in [1.29, 1.82) is 0 Å². The molecule has 1 aliphatic rings. The number of hydrogen-bond acceptors (Lipinski definition) is 2. The lowest BCUT2D eigenvalue weighted by atomic mass is 10.00. The van der Waals surface area contributed by atoms with Gasteiger partial charge < -0.3 is 10.2 Å². The predicted molar refractivity (Wildman–Crippen MR) is 74.5 cm³/mol. The molecule has 1 aromatic carbocycles. The van der Waals surface area contributed by atoms with Crippen LogP contribution in [0.15, 0.2) is 24.3 Å². The highest BCUT2D eigenvalue weighted by Crippen LogP contribution is 2.16. The van der Waals surface area contributed by atoms with Crippen molar-refractivity contribution in [2.45, 2.75) is 26.2 Å². The molecule has 0 radical (unpaired) electrons. The first kappa shape index (κ1) is 13.8. The minimum atomic E-state index is -0.246. The van der Waals surface area contributed by atoms with E-state index in [0.717, 1.165) is 25.2 Å². The first-order valence-corrected chi connectivity index (χ1v) is 6.92. The van der Waals surface area contributed by atoms with Gasteiger partial charge in [0, 0.05) is 31.7 Å². The lowest BCUT2D eigenvalue weighted by molar-refractivity contribution is -0.132. The minimum Gasteiger partial charge on any atom is -0.385 e. The van der Waals surface area contributed by atoms with E-state index in [-0.39, 0.29) is 11.7 Å². The van der Waals surface area contributed by atoms with Crippen LogP contribution in [-0.4, -0.2) is 30.4 Å². The highest BCUT2D eigenvalue weighted by atomic mass is 19.1. The third-order valence-corrected chi connectivity index (χ3v) is 3.52. The van der Waals surface area contributed by atoms with Gasteiger partial charge in [-0.3, -0.25) is 4.79 Å². The Morgan fingerprint density at radius 3 is 2.84 bits per heavy atom. The summed E-state index contributed by atoms with van der Waals surface area (Å²) in [6.45, 7) is 4.56. The van der Waals surface area contributed by atoms with Gasteiger partial charge in [0.1, 0.15) is 5.82 Å². The van der Waals surface area contributed by atoms with Crippen LogP contribution in [0.4, 0.5) is 10.1 Å². The van der Waals surface area contributed by atoms with Crippen molar-refractivity contribution >= 4 is 11.6 Å². The number of rotatable bonds is 4. The molecule has 1 atom stereocenters. The predicted octanol–water partition coefficient (Wildman–Crippen LogP) is 2.89. The summed E-state index contributed by atoms with van der Waals surface area (Å²) in [5.74, 6) is 0.577. The van der Waals surface area contributed by atoms with Gasteiger partial charge in [-0.25, -0.2) is 4.39 Å². The van der Waals surface area contributed by atoms with Gasteiger partial charge in [0.25, 0.3) is 0 Å². The second-order valence-electron chi connectivity index (χ2n) is 5.27. The van der Waals surface area contributed by atoms with E-state index in [1.165, 1.54) is 18.6 Å². The molecule has 0 saturated carbocycles. The fraction of sp³-hybridized carbons (Fsp3) is 0.533. The smallest absolute Gasteiger partial charge is 0.224 e. The highest BCUT2D eigenvalue weighted by Gasteiger charge is 2.20. The van der Waals surface area contributed by atoms with E-state index >= 15 is 0 Å². The summed E-state index contributed by atoms with van der Waals surface area (Å²) < 4.78 is 12.7. The van der Waals surface area contributed by atoms with E-state index < -0.39 is 0 Å². The van der Waals surface area contributed by atoms with Crippen LogP contribution in [0.25, 0.3) is 0 Å². The second-order valence-corrected chi connectivity index (χ2v) is 5.27. The normalized spacial score (nSPS) is 19.3. The molecule has 1 saturated heterocycles. The second kappa shape index (κ2) is 6.55. The number of nitrogens with one attached hydrogen (secondary N) is 1. The molecule has 1 N–H and O–H groups in total. The number of piperidine rings is 1. The molecule has 1 aromatic rings. The molecule has 1 amide bonds. The van der Waals surface area contributed by atoms with Crippen molar-refractivity contribution in [3.05, 3.63) is 30.1 Å². The van der Waals surface area contributed by atoms with E-state index in [9.17, 15) is 9.18 Å². The molecule has 4 heteroatoms. The van der Waals surface area contributed by atoms with Gasteiger partial charge in [-0.15, -0.1) is 0 Å². The van der Waals surface area contributed by atoms with Crippen LogP contribution in [0, 0.1) is 11.7 Å². The van der Waals surface area contributed by atoms with Crippen molar-refractivity contribution in [3.63, 3.8) is 0 Å². The van der Waals surface area contributed by atoms with E-state index in [1.54, 1.807) is 12.1 Å². The lowest BCUT2D eigenvalue weighted by Crippen LogP contribution is -2.39. The third kappa shape index (κ3) is 4.23. The Morgan fingerprint density at radius 1 is 1.42 bits per heavy atom. The quantitative estimate of drug-likeness (QED) is 0.907. The standard InChI is InChI=1S/C15H21FN2O/c1-12-3-2-10-18(11-12)15(19)8-9-17-14-6-4-13(16)5-7-14/h4-7,12,17H,2-3,8-11H2,1H3. The van der Waals surface area contributed by atoms with Gasteiger partial charge in [0.15, 0.2) is 0 Å². The topological polar surface area (TPSA) is 32.3 Å². The number of hydrogen-bond donors (Lipinski definition) is 1. The maximum absolute atomic E-state index is 12.7. The van der Waals surface area contributed by atoms with Gasteiger partial charge in [-0.05, 0) is 43.0 Å². The molecule has 0 aliphatic carbocycles. The van der Waals surface area contributed by atoms with Gasteiger partial charge in [0.2, 0.25) is 5.91 Å². The van der Waals surface area contributed by atoms with Crippen LogP contribution in [0.3, 0.4) is 0 Å². The number of nitrogens with zero attached hydrogens (tertiary/aromatic N) is 1. The van der Waals surface area contributed by atoms with Gasteiger partial charge in [-0.2, -0.15) is 0 Å². The third-order valence-electron chi connectivity index (χ3n) is 3.52. The zero-order valence-electron chi connectivity index (χ0n) is 11.4. The lowest BCUT2D eigenvalue weighted by Gasteiger charge is -2.31. The van der Waals surface area contributed by atoms with Crippen molar-refractivity contribution in [2.24, 2.45) is 5.92 Å². The molecular weight excluding hydrogens is 243 g/mol. The summed E-state index contributed by atoms with van der Waals surface area (Å²) >= 11 is 0. The van der Waals surface area contributed by atoms with E-state index in [1.807, 2.05) is 4.90 Å². The van der Waals surface area contributed by atoms with Crippen LogP contribution in [0.1, 0.15) is 26.2 Å². The minimum absolute atomic E-state index is 0.209. The molecule has 1 aliphatic heterocycles. The Balaban J connectivity index is 1.73. The maximum atomic E-state index is 12.7. The van der Waals surface area contributed by atoms with Crippen molar-refractivity contribution in [3.8, 4) is 0 Å². The number of likely N-dealkylation sites (tertiary alicyclic amines) is 1. The first-order valence-electron chi connectivity index (χ1n) is 6.92. The number of halogens is 1. The number of anilines is 1. The van der Waals surface area contributed by atoms with Crippen molar-refractivity contribution in [2.75, 3.05) is 25.0 Å². The summed E-state index contributed by atoms with van der Waals surface area (Å²) in [7, 11) is 0.